The highest BCUT2D eigenvalue weighted by Gasteiger charge is 2.35. The van der Waals surface area contributed by atoms with Gasteiger partial charge in [-0.25, -0.2) is 4.79 Å². The van der Waals surface area contributed by atoms with Gasteiger partial charge in [-0.2, -0.15) is 18.4 Å². The first-order valence-electron chi connectivity index (χ1n) is 4.89. The molecule has 0 spiro atoms. The molecule has 0 saturated carbocycles. The van der Waals surface area contributed by atoms with Crippen molar-refractivity contribution in [1.82, 2.24) is 0 Å². The number of hydrogen-bond acceptors (Lipinski definition) is 3. The lowest BCUT2D eigenvalue weighted by Crippen LogP contribution is -2.18. The molecule has 0 radical (unpaired) electrons. The molecule has 0 saturated heterocycles. The topological polar surface area (TPSA) is 54.0 Å². The lowest BCUT2D eigenvalue weighted by Gasteiger charge is -2.07. The summed E-state index contributed by atoms with van der Waals surface area (Å²) in [6.07, 6.45) is -4.77. The molecule has 18 heavy (non-hydrogen) atoms. The summed E-state index contributed by atoms with van der Waals surface area (Å²) < 4.78 is 42.2. The van der Waals surface area contributed by atoms with Gasteiger partial charge in [0.15, 0.2) is 5.58 Å². The minimum atomic E-state index is -4.77. The average Bonchev–Trinajstić information content (AvgIpc) is 2.26. The molecule has 1 aromatic heterocycles. The lowest BCUT2D eigenvalue weighted by atomic mass is 10.1. The van der Waals surface area contributed by atoms with Gasteiger partial charge in [-0.05, 0) is 18.6 Å². The van der Waals surface area contributed by atoms with Crippen LogP contribution in [0.25, 0.3) is 11.0 Å². The first-order chi connectivity index (χ1) is 8.34. The number of alkyl halides is 3. The van der Waals surface area contributed by atoms with Crippen molar-refractivity contribution < 1.29 is 17.6 Å². The number of aryl methyl sites for hydroxylation is 1. The molecule has 0 unspecified atom stereocenters. The van der Waals surface area contributed by atoms with Crippen LogP contribution >= 0.6 is 0 Å². The Labute approximate surface area is 99.1 Å². The Balaban J connectivity index is 2.90. The molecule has 0 aliphatic rings. The van der Waals surface area contributed by atoms with Crippen LogP contribution in [0.4, 0.5) is 13.2 Å². The predicted octanol–water partition coefficient (Wildman–Crippen LogP) is 2.99. The SMILES string of the molecule is Cc1ccc2cc(C(F)(F)F)c(=O)oc2c1C#N. The fourth-order valence-electron chi connectivity index (χ4n) is 1.62. The van der Waals surface area contributed by atoms with Crippen LogP contribution in [0, 0.1) is 18.3 Å². The van der Waals surface area contributed by atoms with Crippen LogP contribution in [0.3, 0.4) is 0 Å². The van der Waals surface area contributed by atoms with Gasteiger partial charge in [0.1, 0.15) is 11.6 Å². The zero-order valence-corrected chi connectivity index (χ0v) is 9.13. The molecule has 0 amide bonds. The van der Waals surface area contributed by atoms with Crippen LogP contribution in [0.15, 0.2) is 27.4 Å². The molecule has 0 atom stereocenters. The van der Waals surface area contributed by atoms with E-state index in [4.69, 9.17) is 5.26 Å². The summed E-state index contributed by atoms with van der Waals surface area (Å²) in [4.78, 5) is 11.3. The van der Waals surface area contributed by atoms with Gasteiger partial charge in [0, 0.05) is 5.39 Å². The minimum absolute atomic E-state index is 0.0679. The number of nitrogens with zero attached hydrogens (tertiary/aromatic N) is 1. The summed E-state index contributed by atoms with van der Waals surface area (Å²) in [5, 5.41) is 8.98. The number of rotatable bonds is 0. The molecular weight excluding hydrogens is 247 g/mol. The Morgan fingerprint density at radius 1 is 1.33 bits per heavy atom. The molecule has 2 aromatic rings. The third kappa shape index (κ3) is 1.84. The Kier molecular flexibility index (Phi) is 2.62. The summed E-state index contributed by atoms with van der Waals surface area (Å²) >= 11 is 0. The second-order valence-corrected chi connectivity index (χ2v) is 3.73. The molecule has 6 heteroatoms. The van der Waals surface area contributed by atoms with E-state index in [0.29, 0.717) is 11.6 Å². The van der Waals surface area contributed by atoms with Crippen molar-refractivity contribution in [3.8, 4) is 6.07 Å². The van der Waals surface area contributed by atoms with Crippen molar-refractivity contribution in [3.05, 3.63) is 45.3 Å². The van der Waals surface area contributed by atoms with E-state index >= 15 is 0 Å². The number of nitriles is 1. The summed E-state index contributed by atoms with van der Waals surface area (Å²) in [5.41, 5.74) is -2.37. The van der Waals surface area contributed by atoms with Gasteiger partial charge >= 0.3 is 11.8 Å². The van der Waals surface area contributed by atoms with Crippen LogP contribution in [0.5, 0.6) is 0 Å². The Morgan fingerprint density at radius 2 is 2.00 bits per heavy atom. The second-order valence-electron chi connectivity index (χ2n) is 3.73. The van der Waals surface area contributed by atoms with E-state index in [2.05, 4.69) is 4.42 Å². The molecule has 0 aliphatic carbocycles. The minimum Gasteiger partial charge on any atom is -0.421 e. The van der Waals surface area contributed by atoms with Gasteiger partial charge in [0.2, 0.25) is 0 Å². The number of halogens is 3. The van der Waals surface area contributed by atoms with Crippen LogP contribution in [0.1, 0.15) is 16.7 Å². The maximum absolute atomic E-state index is 12.5. The molecule has 0 N–H and O–H groups in total. The van der Waals surface area contributed by atoms with Crippen molar-refractivity contribution in [2.45, 2.75) is 13.1 Å². The maximum atomic E-state index is 12.5. The Hall–Kier alpha value is -2.29. The van der Waals surface area contributed by atoms with Gasteiger partial charge in [-0.15, -0.1) is 0 Å². The van der Waals surface area contributed by atoms with E-state index < -0.39 is 17.4 Å². The van der Waals surface area contributed by atoms with E-state index in [0.717, 1.165) is 0 Å². The normalized spacial score (nSPS) is 11.5. The zero-order valence-electron chi connectivity index (χ0n) is 9.13. The third-order valence-electron chi connectivity index (χ3n) is 2.53. The quantitative estimate of drug-likeness (QED) is 0.678. The van der Waals surface area contributed by atoms with Gasteiger partial charge < -0.3 is 4.42 Å². The molecule has 0 bridgehead atoms. The van der Waals surface area contributed by atoms with Crippen molar-refractivity contribution in [3.63, 3.8) is 0 Å². The Bertz CT molecular complexity index is 723. The monoisotopic (exact) mass is 253 g/mol. The van der Waals surface area contributed by atoms with Crippen molar-refractivity contribution >= 4 is 11.0 Å². The zero-order chi connectivity index (χ0) is 13.5. The Morgan fingerprint density at radius 3 is 2.56 bits per heavy atom. The van der Waals surface area contributed by atoms with E-state index in [1.807, 2.05) is 6.07 Å². The lowest BCUT2D eigenvalue weighted by molar-refractivity contribution is -0.139. The average molecular weight is 253 g/mol. The first kappa shape index (κ1) is 12.2. The van der Waals surface area contributed by atoms with Crippen molar-refractivity contribution in [2.24, 2.45) is 0 Å². The molecule has 3 nitrogen and oxygen atoms in total. The highest BCUT2D eigenvalue weighted by Crippen LogP contribution is 2.30. The van der Waals surface area contributed by atoms with Crippen LogP contribution in [0.2, 0.25) is 0 Å². The summed E-state index contributed by atoms with van der Waals surface area (Å²) in [6.45, 7) is 1.61. The van der Waals surface area contributed by atoms with Gasteiger partial charge in [-0.1, -0.05) is 12.1 Å². The summed E-state index contributed by atoms with van der Waals surface area (Å²) in [5.74, 6) is 0. The fraction of sp³-hybridized carbons (Fsp3) is 0.167. The molecule has 2 rings (SSSR count). The molecule has 1 aromatic carbocycles. The van der Waals surface area contributed by atoms with Crippen LogP contribution in [-0.4, -0.2) is 0 Å². The molecular formula is C12H6F3NO2. The van der Waals surface area contributed by atoms with E-state index in [9.17, 15) is 18.0 Å². The number of hydrogen-bond donors (Lipinski definition) is 0. The van der Waals surface area contributed by atoms with Gasteiger partial charge in [0.25, 0.3) is 0 Å². The molecule has 0 fully saturated rings. The summed E-state index contributed by atoms with van der Waals surface area (Å²) in [7, 11) is 0. The van der Waals surface area contributed by atoms with Gasteiger partial charge in [-0.3, -0.25) is 0 Å². The second kappa shape index (κ2) is 3.88. The molecule has 92 valence electrons. The predicted molar refractivity (Wildman–Crippen MR) is 56.9 cm³/mol. The number of fused-ring (bicyclic) bond motifs is 1. The van der Waals surface area contributed by atoms with Crippen LogP contribution < -0.4 is 5.63 Å². The first-order valence-corrected chi connectivity index (χ1v) is 4.89. The van der Waals surface area contributed by atoms with E-state index in [-0.39, 0.29) is 16.5 Å². The van der Waals surface area contributed by atoms with Crippen LogP contribution in [-0.2, 0) is 6.18 Å². The maximum Gasteiger partial charge on any atom is 0.423 e. The van der Waals surface area contributed by atoms with E-state index in [1.54, 1.807) is 6.92 Å². The fourth-order valence-corrected chi connectivity index (χ4v) is 1.62. The third-order valence-corrected chi connectivity index (χ3v) is 2.53. The van der Waals surface area contributed by atoms with Crippen molar-refractivity contribution in [1.29, 1.82) is 5.26 Å². The number of benzene rings is 1. The standard InChI is InChI=1S/C12H6F3NO2/c1-6-2-3-7-4-9(12(13,14)15)11(17)18-10(7)8(6)5-16/h2-4H,1H3. The molecule has 1 heterocycles. The highest BCUT2D eigenvalue weighted by molar-refractivity contribution is 5.83. The highest BCUT2D eigenvalue weighted by atomic mass is 19.4. The molecule has 0 aliphatic heterocycles. The summed E-state index contributed by atoms with van der Waals surface area (Å²) in [6, 6.07) is 5.39. The van der Waals surface area contributed by atoms with E-state index in [1.165, 1.54) is 12.1 Å². The van der Waals surface area contributed by atoms with Crippen molar-refractivity contribution in [2.75, 3.05) is 0 Å². The largest absolute Gasteiger partial charge is 0.423 e. The van der Waals surface area contributed by atoms with Gasteiger partial charge in [0.05, 0.1) is 5.56 Å². The smallest absolute Gasteiger partial charge is 0.421 e.